The molecule has 6 nitrogen and oxygen atoms in total. The lowest BCUT2D eigenvalue weighted by atomic mass is 10.3. The van der Waals surface area contributed by atoms with Crippen molar-refractivity contribution < 1.29 is 9.53 Å². The number of ether oxygens (including phenoxy) is 1. The number of amides is 1. The molecule has 0 fully saturated rings. The molecular weight excluding hydrogens is 276 g/mol. The molecule has 0 aliphatic carbocycles. The third-order valence-electron chi connectivity index (χ3n) is 2.30. The highest BCUT2D eigenvalue weighted by atomic mass is 32.2. The van der Waals surface area contributed by atoms with E-state index in [1.165, 1.54) is 25.8 Å². The van der Waals surface area contributed by atoms with Crippen LogP contribution in [0.5, 0.6) is 5.88 Å². The molecule has 104 valence electrons. The lowest BCUT2D eigenvalue weighted by Gasteiger charge is -2.06. The summed E-state index contributed by atoms with van der Waals surface area (Å²) in [5.74, 6) is 0.496. The highest BCUT2D eigenvalue weighted by Gasteiger charge is 2.05. The second kappa shape index (κ2) is 6.25. The lowest BCUT2D eigenvalue weighted by Crippen LogP contribution is -2.05. The minimum absolute atomic E-state index is 0.0984. The SMILES string of the molecule is COc1cc(Sc2ccc(NC(C)=O)cc2)nc(N)n1. The molecule has 0 aliphatic rings. The third kappa shape index (κ3) is 3.86. The molecule has 2 rings (SSSR count). The zero-order valence-electron chi connectivity index (χ0n) is 11.1. The van der Waals surface area contributed by atoms with Crippen LogP contribution in [0.1, 0.15) is 6.92 Å². The molecular formula is C13H14N4O2S. The van der Waals surface area contributed by atoms with E-state index >= 15 is 0 Å². The maximum atomic E-state index is 10.9. The minimum atomic E-state index is -0.0984. The number of anilines is 2. The summed E-state index contributed by atoms with van der Waals surface area (Å²) >= 11 is 1.44. The van der Waals surface area contributed by atoms with Crippen LogP contribution in [0.15, 0.2) is 40.3 Å². The number of carbonyl (C=O) groups is 1. The number of nitrogens with zero attached hydrogens (tertiary/aromatic N) is 2. The van der Waals surface area contributed by atoms with Gasteiger partial charge >= 0.3 is 0 Å². The number of nitrogen functional groups attached to an aromatic ring is 1. The second-order valence-corrected chi connectivity index (χ2v) is 5.01. The van der Waals surface area contributed by atoms with E-state index in [2.05, 4.69) is 15.3 Å². The number of hydrogen-bond acceptors (Lipinski definition) is 6. The van der Waals surface area contributed by atoms with Gasteiger partial charge in [-0.05, 0) is 24.3 Å². The molecule has 0 atom stereocenters. The first-order valence-electron chi connectivity index (χ1n) is 5.81. The van der Waals surface area contributed by atoms with E-state index in [0.29, 0.717) is 10.9 Å². The van der Waals surface area contributed by atoms with Gasteiger partial charge in [0.15, 0.2) is 0 Å². The first kappa shape index (κ1) is 14.1. The van der Waals surface area contributed by atoms with Crippen molar-refractivity contribution in [2.75, 3.05) is 18.2 Å². The molecule has 20 heavy (non-hydrogen) atoms. The van der Waals surface area contributed by atoms with Crippen molar-refractivity contribution >= 4 is 29.3 Å². The van der Waals surface area contributed by atoms with Gasteiger partial charge in [-0.25, -0.2) is 4.98 Å². The maximum absolute atomic E-state index is 10.9. The highest BCUT2D eigenvalue weighted by molar-refractivity contribution is 7.99. The highest BCUT2D eigenvalue weighted by Crippen LogP contribution is 2.29. The molecule has 7 heteroatoms. The van der Waals surface area contributed by atoms with Crippen LogP contribution in [0, 0.1) is 0 Å². The Morgan fingerprint density at radius 1 is 1.30 bits per heavy atom. The Balaban J connectivity index is 2.13. The molecule has 0 aliphatic heterocycles. The summed E-state index contributed by atoms with van der Waals surface area (Å²) in [6.07, 6.45) is 0. The number of methoxy groups -OCH3 is 1. The molecule has 2 aromatic rings. The third-order valence-corrected chi connectivity index (χ3v) is 3.23. The van der Waals surface area contributed by atoms with Crippen LogP contribution in [-0.2, 0) is 4.79 Å². The van der Waals surface area contributed by atoms with Crippen molar-refractivity contribution in [3.05, 3.63) is 30.3 Å². The average Bonchev–Trinajstić information content (AvgIpc) is 2.39. The average molecular weight is 290 g/mol. The van der Waals surface area contributed by atoms with Crippen LogP contribution in [0.3, 0.4) is 0 Å². The largest absolute Gasteiger partial charge is 0.481 e. The van der Waals surface area contributed by atoms with Gasteiger partial charge < -0.3 is 15.8 Å². The van der Waals surface area contributed by atoms with Gasteiger partial charge in [-0.1, -0.05) is 11.8 Å². The molecule has 1 amide bonds. The van der Waals surface area contributed by atoms with Crippen molar-refractivity contribution in [1.29, 1.82) is 0 Å². The van der Waals surface area contributed by atoms with Gasteiger partial charge in [-0.2, -0.15) is 4.98 Å². The van der Waals surface area contributed by atoms with Crippen LogP contribution < -0.4 is 15.8 Å². The summed E-state index contributed by atoms with van der Waals surface area (Å²) in [5, 5.41) is 3.41. The number of hydrogen-bond donors (Lipinski definition) is 2. The summed E-state index contributed by atoms with van der Waals surface area (Å²) in [5.41, 5.74) is 6.36. The predicted octanol–water partition coefficient (Wildman–Crippen LogP) is 2.18. The summed E-state index contributed by atoms with van der Waals surface area (Å²) in [4.78, 5) is 20.0. The summed E-state index contributed by atoms with van der Waals surface area (Å²) in [6, 6.07) is 9.14. The van der Waals surface area contributed by atoms with Gasteiger partial charge in [-0.3, -0.25) is 4.79 Å². The zero-order valence-corrected chi connectivity index (χ0v) is 11.9. The van der Waals surface area contributed by atoms with E-state index in [1.54, 1.807) is 6.07 Å². The molecule has 0 saturated heterocycles. The Morgan fingerprint density at radius 3 is 2.60 bits per heavy atom. The van der Waals surface area contributed by atoms with Crippen molar-refractivity contribution in [2.24, 2.45) is 0 Å². The van der Waals surface area contributed by atoms with Crippen LogP contribution in [0.25, 0.3) is 0 Å². The van der Waals surface area contributed by atoms with Crippen molar-refractivity contribution in [3.63, 3.8) is 0 Å². The fourth-order valence-electron chi connectivity index (χ4n) is 1.51. The van der Waals surface area contributed by atoms with Gasteiger partial charge in [0.1, 0.15) is 5.03 Å². The molecule has 0 bridgehead atoms. The smallest absolute Gasteiger partial charge is 0.224 e. The van der Waals surface area contributed by atoms with Crippen LogP contribution >= 0.6 is 11.8 Å². The van der Waals surface area contributed by atoms with Gasteiger partial charge in [0, 0.05) is 23.6 Å². The van der Waals surface area contributed by atoms with E-state index in [4.69, 9.17) is 10.5 Å². The van der Waals surface area contributed by atoms with Crippen LogP contribution in [0.2, 0.25) is 0 Å². The molecule has 1 aromatic heterocycles. The minimum Gasteiger partial charge on any atom is -0.481 e. The Morgan fingerprint density at radius 2 is 2.00 bits per heavy atom. The molecule has 1 aromatic carbocycles. The quantitative estimate of drug-likeness (QED) is 0.839. The first-order valence-corrected chi connectivity index (χ1v) is 6.62. The van der Waals surface area contributed by atoms with Gasteiger partial charge in [-0.15, -0.1) is 0 Å². The van der Waals surface area contributed by atoms with Crippen LogP contribution in [0.4, 0.5) is 11.6 Å². The predicted molar refractivity (Wildman–Crippen MR) is 77.9 cm³/mol. The van der Waals surface area contributed by atoms with E-state index in [-0.39, 0.29) is 11.9 Å². The van der Waals surface area contributed by atoms with E-state index in [1.807, 2.05) is 24.3 Å². The van der Waals surface area contributed by atoms with E-state index < -0.39 is 0 Å². The maximum Gasteiger partial charge on any atom is 0.224 e. The number of nitrogens with two attached hydrogens (primary N) is 1. The number of benzene rings is 1. The van der Waals surface area contributed by atoms with Crippen molar-refractivity contribution in [3.8, 4) is 5.88 Å². The van der Waals surface area contributed by atoms with Crippen molar-refractivity contribution in [2.45, 2.75) is 16.8 Å². The Hall–Kier alpha value is -2.28. The van der Waals surface area contributed by atoms with Gasteiger partial charge in [0.05, 0.1) is 7.11 Å². The molecule has 0 radical (unpaired) electrons. The Labute approximate surface area is 120 Å². The normalized spacial score (nSPS) is 10.1. The Kier molecular flexibility index (Phi) is 4.41. The monoisotopic (exact) mass is 290 g/mol. The molecule has 1 heterocycles. The second-order valence-electron chi connectivity index (χ2n) is 3.91. The lowest BCUT2D eigenvalue weighted by molar-refractivity contribution is -0.114. The molecule has 3 N–H and O–H groups in total. The number of aromatic nitrogens is 2. The van der Waals surface area contributed by atoms with E-state index in [0.717, 1.165) is 10.6 Å². The van der Waals surface area contributed by atoms with Gasteiger partial charge in [0.2, 0.25) is 17.7 Å². The molecule has 0 saturated carbocycles. The van der Waals surface area contributed by atoms with Gasteiger partial charge in [0.25, 0.3) is 0 Å². The Bertz CT molecular complexity index is 616. The standard InChI is InChI=1S/C13H14N4O2S/c1-8(18)15-9-3-5-10(6-4-9)20-12-7-11(19-2)16-13(14)17-12/h3-7H,1-2H3,(H,15,18)(H2,14,16,17). The van der Waals surface area contributed by atoms with E-state index in [9.17, 15) is 4.79 Å². The first-order chi connectivity index (χ1) is 9.56. The summed E-state index contributed by atoms with van der Waals surface area (Å²) < 4.78 is 5.04. The number of nitrogens with one attached hydrogen (secondary N) is 1. The zero-order chi connectivity index (χ0) is 14.5. The number of rotatable bonds is 4. The molecule has 0 unspecified atom stereocenters. The topological polar surface area (TPSA) is 90.1 Å². The fraction of sp³-hybridized carbons (Fsp3) is 0.154. The van der Waals surface area contributed by atoms with Crippen molar-refractivity contribution in [1.82, 2.24) is 9.97 Å². The summed E-state index contributed by atoms with van der Waals surface area (Å²) in [7, 11) is 1.53. The van der Waals surface area contributed by atoms with Crippen LogP contribution in [-0.4, -0.2) is 23.0 Å². The number of carbonyl (C=O) groups excluding carboxylic acids is 1. The fourth-order valence-corrected chi connectivity index (χ4v) is 2.32. The molecule has 0 spiro atoms. The summed E-state index contributed by atoms with van der Waals surface area (Å²) in [6.45, 7) is 1.47.